The van der Waals surface area contributed by atoms with Crippen molar-refractivity contribution in [2.45, 2.75) is 53.1 Å². The van der Waals surface area contributed by atoms with Crippen LogP contribution in [0, 0.1) is 13.8 Å². The summed E-state index contributed by atoms with van der Waals surface area (Å²) in [4.78, 5) is 16.8. The molecule has 146 valence electrons. The van der Waals surface area contributed by atoms with E-state index < -0.39 is 5.97 Å². The molecule has 2 rings (SSSR count). The smallest absolute Gasteiger partial charge is 0.343 e. The van der Waals surface area contributed by atoms with Gasteiger partial charge in [0, 0.05) is 23.8 Å². The van der Waals surface area contributed by atoms with Gasteiger partial charge in [-0.2, -0.15) is 0 Å². The molecule has 0 saturated heterocycles. The highest BCUT2D eigenvalue weighted by molar-refractivity contribution is 6.30. The van der Waals surface area contributed by atoms with Gasteiger partial charge in [-0.25, -0.2) is 9.78 Å². The number of methoxy groups -OCH3 is 1. The Balaban J connectivity index is 2.42. The predicted octanol–water partition coefficient (Wildman–Crippen LogP) is 5.21. The third kappa shape index (κ3) is 5.21. The molecular weight excluding hydrogens is 364 g/mol. The predicted molar refractivity (Wildman–Crippen MR) is 108 cm³/mol. The Kier molecular flexibility index (Phi) is 7.63. The number of carbonyl (C=O) groups excluding carboxylic acids is 1. The lowest BCUT2D eigenvalue weighted by molar-refractivity contribution is 0.0595. The number of hydrogen-bond donors (Lipinski definition) is 1. The molecule has 0 fully saturated rings. The van der Waals surface area contributed by atoms with Gasteiger partial charge in [-0.3, -0.25) is 0 Å². The van der Waals surface area contributed by atoms with Crippen molar-refractivity contribution in [1.82, 2.24) is 10.3 Å². The Morgan fingerprint density at radius 3 is 2.41 bits per heavy atom. The van der Waals surface area contributed by atoms with Crippen molar-refractivity contribution in [2.24, 2.45) is 0 Å². The van der Waals surface area contributed by atoms with Crippen LogP contribution in [0.5, 0.6) is 11.6 Å². The lowest BCUT2D eigenvalue weighted by Gasteiger charge is -2.18. The summed E-state index contributed by atoms with van der Waals surface area (Å²) in [5.74, 6) is 0.407. The van der Waals surface area contributed by atoms with Crippen LogP contribution in [0.25, 0.3) is 0 Å². The standard InChI is InChI=1S/C21H27ClN2O3/c1-6-17(7-2)24-12-15-8-9-23-20(18(15)21(25)26-5)27-19-13(3)10-16(22)11-14(19)4/h8-11,17,24H,6-7,12H2,1-5H3. The maximum absolute atomic E-state index is 12.5. The average molecular weight is 391 g/mol. The number of aryl methyl sites for hydroxylation is 2. The molecule has 0 aliphatic rings. The topological polar surface area (TPSA) is 60.5 Å². The number of esters is 1. The second-order valence-electron chi connectivity index (χ2n) is 6.51. The highest BCUT2D eigenvalue weighted by Crippen LogP contribution is 2.33. The van der Waals surface area contributed by atoms with Gasteiger partial charge < -0.3 is 14.8 Å². The highest BCUT2D eigenvalue weighted by atomic mass is 35.5. The molecule has 0 bridgehead atoms. The molecule has 6 heteroatoms. The largest absolute Gasteiger partial charge is 0.465 e. The highest BCUT2D eigenvalue weighted by Gasteiger charge is 2.22. The number of nitrogens with one attached hydrogen (secondary N) is 1. The van der Waals surface area contributed by atoms with Gasteiger partial charge in [0.05, 0.1) is 7.11 Å². The molecule has 5 nitrogen and oxygen atoms in total. The van der Waals surface area contributed by atoms with E-state index in [2.05, 4.69) is 24.1 Å². The van der Waals surface area contributed by atoms with Crippen LogP contribution in [0.15, 0.2) is 24.4 Å². The second-order valence-corrected chi connectivity index (χ2v) is 6.94. The fourth-order valence-electron chi connectivity index (χ4n) is 3.01. The van der Waals surface area contributed by atoms with Crippen molar-refractivity contribution >= 4 is 17.6 Å². The van der Waals surface area contributed by atoms with Gasteiger partial charge in [0.2, 0.25) is 5.88 Å². The molecule has 1 aromatic carbocycles. The summed E-state index contributed by atoms with van der Waals surface area (Å²) in [6, 6.07) is 5.84. The maximum atomic E-state index is 12.5. The van der Waals surface area contributed by atoms with E-state index in [1.165, 1.54) is 7.11 Å². The van der Waals surface area contributed by atoms with E-state index in [0.29, 0.717) is 28.9 Å². The van der Waals surface area contributed by atoms with E-state index in [9.17, 15) is 4.79 Å². The SMILES string of the molecule is CCC(CC)NCc1ccnc(Oc2c(C)cc(Cl)cc2C)c1C(=O)OC. The van der Waals surface area contributed by atoms with Gasteiger partial charge >= 0.3 is 5.97 Å². The molecule has 0 radical (unpaired) electrons. The van der Waals surface area contributed by atoms with Gasteiger partial charge in [0.25, 0.3) is 0 Å². The first-order valence-corrected chi connectivity index (χ1v) is 9.53. The molecule has 0 aliphatic carbocycles. The van der Waals surface area contributed by atoms with Gasteiger partial charge in [-0.1, -0.05) is 25.4 Å². The molecule has 0 saturated carbocycles. The van der Waals surface area contributed by atoms with Crippen molar-refractivity contribution < 1.29 is 14.3 Å². The van der Waals surface area contributed by atoms with E-state index in [0.717, 1.165) is 29.5 Å². The van der Waals surface area contributed by atoms with Crippen molar-refractivity contribution in [3.05, 3.63) is 51.7 Å². The first-order valence-electron chi connectivity index (χ1n) is 9.15. The molecule has 2 aromatic rings. The molecule has 27 heavy (non-hydrogen) atoms. The van der Waals surface area contributed by atoms with Crippen LogP contribution in [0.3, 0.4) is 0 Å². The molecule has 1 heterocycles. The van der Waals surface area contributed by atoms with Crippen LogP contribution in [-0.2, 0) is 11.3 Å². The van der Waals surface area contributed by atoms with E-state index >= 15 is 0 Å². The average Bonchev–Trinajstić information content (AvgIpc) is 2.64. The quantitative estimate of drug-likeness (QED) is 0.627. The molecule has 0 amide bonds. The molecule has 0 aliphatic heterocycles. The lowest BCUT2D eigenvalue weighted by Crippen LogP contribution is -2.28. The number of hydrogen-bond acceptors (Lipinski definition) is 5. The third-order valence-corrected chi connectivity index (χ3v) is 4.80. The molecule has 1 aromatic heterocycles. The third-order valence-electron chi connectivity index (χ3n) is 4.58. The van der Waals surface area contributed by atoms with Gasteiger partial charge in [0.15, 0.2) is 0 Å². The first kappa shape index (κ1) is 21.2. The summed E-state index contributed by atoms with van der Waals surface area (Å²) in [6.45, 7) is 8.62. The number of ether oxygens (including phenoxy) is 2. The van der Waals surface area contributed by atoms with Gasteiger partial charge in [-0.05, 0) is 61.6 Å². The van der Waals surface area contributed by atoms with Crippen LogP contribution in [-0.4, -0.2) is 24.1 Å². The van der Waals surface area contributed by atoms with Gasteiger partial charge in [-0.15, -0.1) is 0 Å². The number of pyridine rings is 1. The number of nitrogens with zero attached hydrogens (tertiary/aromatic N) is 1. The zero-order valence-electron chi connectivity index (χ0n) is 16.6. The Labute approximate surface area is 166 Å². The Morgan fingerprint density at radius 1 is 1.22 bits per heavy atom. The van der Waals surface area contributed by atoms with Crippen molar-refractivity contribution in [2.75, 3.05) is 7.11 Å². The first-order chi connectivity index (χ1) is 12.9. The summed E-state index contributed by atoms with van der Waals surface area (Å²) < 4.78 is 11.0. The van der Waals surface area contributed by atoms with Gasteiger partial charge in [0.1, 0.15) is 11.3 Å². The molecule has 0 unspecified atom stereocenters. The number of aromatic nitrogens is 1. The fraction of sp³-hybridized carbons (Fsp3) is 0.429. The zero-order chi connectivity index (χ0) is 20.0. The van der Waals surface area contributed by atoms with Crippen molar-refractivity contribution in [3.8, 4) is 11.6 Å². The Bertz CT molecular complexity index is 781. The number of carbonyl (C=O) groups is 1. The molecular formula is C21H27ClN2O3. The number of rotatable bonds is 8. The molecule has 1 N–H and O–H groups in total. The monoisotopic (exact) mass is 390 g/mol. The van der Waals surface area contributed by atoms with Crippen LogP contribution in [0.4, 0.5) is 0 Å². The van der Waals surface area contributed by atoms with Crippen LogP contribution in [0.1, 0.15) is 53.7 Å². The van der Waals surface area contributed by atoms with E-state index in [1.54, 1.807) is 6.20 Å². The summed E-state index contributed by atoms with van der Waals surface area (Å²) in [7, 11) is 1.36. The minimum absolute atomic E-state index is 0.235. The molecule has 0 spiro atoms. The van der Waals surface area contributed by atoms with Crippen molar-refractivity contribution in [3.63, 3.8) is 0 Å². The summed E-state index contributed by atoms with van der Waals surface area (Å²) in [5.41, 5.74) is 2.88. The molecule has 0 atom stereocenters. The van der Waals surface area contributed by atoms with Crippen LogP contribution < -0.4 is 10.1 Å². The summed E-state index contributed by atoms with van der Waals surface area (Å²) in [6.07, 6.45) is 3.68. The van der Waals surface area contributed by atoms with Crippen LogP contribution in [0.2, 0.25) is 5.02 Å². The second kappa shape index (κ2) is 9.72. The maximum Gasteiger partial charge on any atom is 0.343 e. The fourth-order valence-corrected chi connectivity index (χ4v) is 3.34. The Morgan fingerprint density at radius 2 is 1.85 bits per heavy atom. The van der Waals surface area contributed by atoms with E-state index in [1.807, 2.05) is 32.0 Å². The zero-order valence-corrected chi connectivity index (χ0v) is 17.3. The van der Waals surface area contributed by atoms with Crippen LogP contribution >= 0.6 is 11.6 Å². The lowest BCUT2D eigenvalue weighted by atomic mass is 10.1. The Hall–Kier alpha value is -2.11. The minimum atomic E-state index is -0.469. The minimum Gasteiger partial charge on any atom is -0.465 e. The number of halogens is 1. The number of benzene rings is 1. The summed E-state index contributed by atoms with van der Waals surface area (Å²) >= 11 is 6.10. The van der Waals surface area contributed by atoms with Crippen molar-refractivity contribution in [1.29, 1.82) is 0 Å². The van der Waals surface area contributed by atoms with E-state index in [-0.39, 0.29) is 5.88 Å². The summed E-state index contributed by atoms with van der Waals surface area (Å²) in [5, 5.41) is 4.11. The van der Waals surface area contributed by atoms with E-state index in [4.69, 9.17) is 21.1 Å². The normalized spacial score (nSPS) is 10.9.